The van der Waals surface area contributed by atoms with Gasteiger partial charge < -0.3 is 24.3 Å². The Balaban J connectivity index is 1.40. The zero-order chi connectivity index (χ0) is 21.3. The number of nitrogens with one attached hydrogen (secondary N) is 1. The van der Waals surface area contributed by atoms with Crippen molar-refractivity contribution in [2.75, 3.05) is 44.9 Å². The Morgan fingerprint density at radius 3 is 2.80 bits per heavy atom. The van der Waals surface area contributed by atoms with Crippen LogP contribution in [0.1, 0.15) is 43.8 Å². The van der Waals surface area contributed by atoms with E-state index in [2.05, 4.69) is 10.3 Å². The fourth-order valence-electron chi connectivity index (χ4n) is 3.90. The van der Waals surface area contributed by atoms with Crippen LogP contribution in [-0.2, 0) is 30.2 Å². The molecule has 3 aliphatic rings. The van der Waals surface area contributed by atoms with Crippen LogP contribution in [0, 0.1) is 0 Å². The molecule has 0 aromatic carbocycles. The number of carbonyl (C=O) groups is 2. The number of nitrogens with zero attached hydrogens (tertiary/aromatic N) is 2. The molecular formula is C20H29N3O6S. The van der Waals surface area contributed by atoms with Crippen molar-refractivity contribution < 1.29 is 28.5 Å². The lowest BCUT2D eigenvalue weighted by Gasteiger charge is -2.44. The lowest BCUT2D eigenvalue weighted by atomic mass is 9.97. The maximum Gasteiger partial charge on any atom is 0.411 e. The van der Waals surface area contributed by atoms with E-state index in [-0.39, 0.29) is 36.6 Å². The molecule has 166 valence electrons. The normalized spacial score (nSPS) is 26.1. The fraction of sp³-hybridized carbons (Fsp3) is 0.750. The number of thiazole rings is 1. The van der Waals surface area contributed by atoms with Gasteiger partial charge in [-0.2, -0.15) is 0 Å². The highest BCUT2D eigenvalue weighted by Gasteiger charge is 2.44. The van der Waals surface area contributed by atoms with Gasteiger partial charge in [-0.3, -0.25) is 9.69 Å². The molecule has 4 heterocycles. The molecule has 1 N–H and O–H groups in total. The topological polar surface area (TPSA) is 99.2 Å². The van der Waals surface area contributed by atoms with E-state index in [9.17, 15) is 9.59 Å². The number of fused-ring (bicyclic) bond motifs is 4. The molecule has 9 nitrogen and oxygen atoms in total. The Kier molecular flexibility index (Phi) is 6.29. The van der Waals surface area contributed by atoms with Gasteiger partial charge in [-0.15, -0.1) is 0 Å². The standard InChI is InChI=1S/C20H29N3O6S/c1-20(2,3)29-19(25)23-12-6-15-17(16(23)11-27-9-12)30-18(22-15)21-8-13(24)7-14-10-26-4-5-28-14/h12,14,16H,4-11H2,1-3H3,(H,21,22)/t12-,14-,16-/m0/s1. The Hall–Kier alpha value is -1.75. The van der Waals surface area contributed by atoms with Gasteiger partial charge in [0.1, 0.15) is 5.60 Å². The Labute approximate surface area is 180 Å². The smallest absolute Gasteiger partial charge is 0.411 e. The largest absolute Gasteiger partial charge is 0.444 e. The number of ketones is 1. The highest BCUT2D eigenvalue weighted by molar-refractivity contribution is 7.15. The van der Waals surface area contributed by atoms with Crippen molar-refractivity contribution in [2.45, 2.75) is 57.4 Å². The highest BCUT2D eigenvalue weighted by Crippen LogP contribution is 2.41. The highest BCUT2D eigenvalue weighted by atomic mass is 32.1. The molecule has 0 aliphatic carbocycles. The summed E-state index contributed by atoms with van der Waals surface area (Å²) in [5.74, 6) is 0.0520. The van der Waals surface area contributed by atoms with Crippen LogP contribution in [-0.4, -0.2) is 79.1 Å². The minimum Gasteiger partial charge on any atom is -0.444 e. The fourth-order valence-corrected chi connectivity index (χ4v) is 4.98. The second kappa shape index (κ2) is 8.78. The number of rotatable bonds is 5. The number of hydrogen-bond acceptors (Lipinski definition) is 9. The SMILES string of the molecule is CC(C)(C)OC(=O)N1[C@@H]2COC[C@H]1c1sc(NCC(=O)C[C@H]3COCCO3)nc1C2. The molecule has 1 amide bonds. The first-order valence-corrected chi connectivity index (χ1v) is 11.2. The van der Waals surface area contributed by atoms with Crippen molar-refractivity contribution in [3.05, 3.63) is 10.6 Å². The van der Waals surface area contributed by atoms with Crippen LogP contribution < -0.4 is 5.32 Å². The number of ether oxygens (including phenoxy) is 4. The second-order valence-electron chi connectivity index (χ2n) is 8.79. The summed E-state index contributed by atoms with van der Waals surface area (Å²) in [4.78, 5) is 32.5. The average molecular weight is 440 g/mol. The van der Waals surface area contributed by atoms with Crippen molar-refractivity contribution in [3.63, 3.8) is 0 Å². The molecule has 3 atom stereocenters. The number of carbonyl (C=O) groups excluding carboxylic acids is 2. The van der Waals surface area contributed by atoms with Crippen LogP contribution in [0.2, 0.25) is 0 Å². The molecule has 30 heavy (non-hydrogen) atoms. The maximum atomic E-state index is 12.8. The van der Waals surface area contributed by atoms with Gasteiger partial charge in [0.25, 0.3) is 0 Å². The quantitative estimate of drug-likeness (QED) is 0.745. The van der Waals surface area contributed by atoms with Crippen LogP contribution >= 0.6 is 11.3 Å². The van der Waals surface area contributed by atoms with Crippen molar-refractivity contribution in [2.24, 2.45) is 0 Å². The van der Waals surface area contributed by atoms with Gasteiger partial charge in [0.2, 0.25) is 0 Å². The van der Waals surface area contributed by atoms with Crippen LogP contribution in [0.5, 0.6) is 0 Å². The zero-order valence-electron chi connectivity index (χ0n) is 17.6. The molecule has 3 aliphatic heterocycles. The summed E-state index contributed by atoms with van der Waals surface area (Å²) in [6.45, 7) is 8.24. The van der Waals surface area contributed by atoms with Crippen molar-refractivity contribution in [1.29, 1.82) is 0 Å². The number of anilines is 1. The summed E-state index contributed by atoms with van der Waals surface area (Å²) in [7, 11) is 0. The molecule has 2 bridgehead atoms. The van der Waals surface area contributed by atoms with Crippen molar-refractivity contribution in [1.82, 2.24) is 9.88 Å². The lowest BCUT2D eigenvalue weighted by molar-refractivity contribution is -0.127. The monoisotopic (exact) mass is 439 g/mol. The minimum absolute atomic E-state index is 0.0520. The van der Waals surface area contributed by atoms with Gasteiger partial charge in [0.15, 0.2) is 10.9 Å². The summed E-state index contributed by atoms with van der Waals surface area (Å²) in [5, 5.41) is 3.83. The minimum atomic E-state index is -0.555. The molecule has 0 radical (unpaired) electrons. The molecular weight excluding hydrogens is 410 g/mol. The molecule has 1 aromatic rings. The number of aromatic nitrogens is 1. The molecule has 2 saturated heterocycles. The first-order chi connectivity index (χ1) is 14.3. The number of Topliss-reactive ketones (excluding diaryl/α,β-unsaturated/α-hetero) is 1. The van der Waals surface area contributed by atoms with Crippen LogP contribution in [0.15, 0.2) is 0 Å². The zero-order valence-corrected chi connectivity index (χ0v) is 18.5. The van der Waals surface area contributed by atoms with E-state index in [1.807, 2.05) is 20.8 Å². The van der Waals surface area contributed by atoms with E-state index in [1.165, 1.54) is 11.3 Å². The van der Waals surface area contributed by atoms with E-state index < -0.39 is 5.60 Å². The summed E-state index contributed by atoms with van der Waals surface area (Å²) >= 11 is 1.47. The van der Waals surface area contributed by atoms with E-state index in [4.69, 9.17) is 18.9 Å². The molecule has 0 spiro atoms. The van der Waals surface area contributed by atoms with Gasteiger partial charge in [-0.25, -0.2) is 9.78 Å². The summed E-state index contributed by atoms with van der Waals surface area (Å²) in [5.41, 5.74) is 0.414. The predicted octanol–water partition coefficient (Wildman–Crippen LogP) is 2.16. The molecule has 4 rings (SSSR count). The van der Waals surface area contributed by atoms with Gasteiger partial charge in [-0.05, 0) is 20.8 Å². The molecule has 0 saturated carbocycles. The Morgan fingerprint density at radius 1 is 1.23 bits per heavy atom. The van der Waals surface area contributed by atoms with Crippen molar-refractivity contribution in [3.8, 4) is 0 Å². The van der Waals surface area contributed by atoms with E-state index in [0.717, 1.165) is 10.6 Å². The molecule has 2 fully saturated rings. The van der Waals surface area contributed by atoms with Gasteiger partial charge in [0.05, 0.1) is 68.3 Å². The van der Waals surface area contributed by atoms with Crippen LogP contribution in [0.25, 0.3) is 0 Å². The Bertz CT molecular complexity index is 786. The van der Waals surface area contributed by atoms with Crippen molar-refractivity contribution >= 4 is 28.3 Å². The summed E-state index contributed by atoms with van der Waals surface area (Å²) in [6.07, 6.45) is 0.448. The average Bonchev–Trinajstić information content (AvgIpc) is 3.08. The Morgan fingerprint density at radius 2 is 2.07 bits per heavy atom. The van der Waals surface area contributed by atoms with Gasteiger partial charge in [0, 0.05) is 12.8 Å². The van der Waals surface area contributed by atoms with Crippen LogP contribution in [0.4, 0.5) is 9.93 Å². The third-order valence-corrected chi connectivity index (χ3v) is 6.31. The number of morpholine rings is 1. The first-order valence-electron chi connectivity index (χ1n) is 10.3. The third-order valence-electron chi connectivity index (χ3n) is 5.16. The van der Waals surface area contributed by atoms with Gasteiger partial charge in [-0.1, -0.05) is 11.3 Å². The first kappa shape index (κ1) is 21.5. The van der Waals surface area contributed by atoms with E-state index >= 15 is 0 Å². The molecule has 10 heteroatoms. The second-order valence-corrected chi connectivity index (χ2v) is 9.82. The molecule has 1 aromatic heterocycles. The lowest BCUT2D eigenvalue weighted by Crippen LogP contribution is -2.55. The van der Waals surface area contributed by atoms with Crippen LogP contribution in [0.3, 0.4) is 0 Å². The summed E-state index contributed by atoms with van der Waals surface area (Å²) < 4.78 is 22.2. The maximum absolute atomic E-state index is 12.8. The van der Waals surface area contributed by atoms with E-state index in [0.29, 0.717) is 51.0 Å². The van der Waals surface area contributed by atoms with E-state index in [1.54, 1.807) is 4.90 Å². The molecule has 0 unspecified atom stereocenters. The number of amides is 1. The predicted molar refractivity (Wildman–Crippen MR) is 110 cm³/mol. The number of hydrogen-bond donors (Lipinski definition) is 1. The summed E-state index contributed by atoms with van der Waals surface area (Å²) in [6, 6.07) is -0.301. The third kappa shape index (κ3) is 4.93. The van der Waals surface area contributed by atoms with Gasteiger partial charge >= 0.3 is 6.09 Å².